The molecule has 0 radical (unpaired) electrons. The highest BCUT2D eigenvalue weighted by Crippen LogP contribution is 2.25. The highest BCUT2D eigenvalue weighted by molar-refractivity contribution is 7.80. The van der Waals surface area contributed by atoms with E-state index in [0.717, 1.165) is 18.2 Å². The Morgan fingerprint density at radius 1 is 1.16 bits per heavy atom. The molecule has 1 saturated carbocycles. The fourth-order valence-corrected chi connectivity index (χ4v) is 2.88. The predicted molar refractivity (Wildman–Crippen MR) is 87.3 cm³/mol. The van der Waals surface area contributed by atoms with Crippen LogP contribution in [0.2, 0.25) is 10.0 Å². The Kier molecular flexibility index (Phi) is 5.74. The average molecular weight is 317 g/mol. The Labute approximate surface area is 129 Å². The number of nitrogens with one attached hydrogen (secondary N) is 2. The third-order valence-corrected chi connectivity index (χ3v) is 4.44. The van der Waals surface area contributed by atoms with Crippen molar-refractivity contribution in [1.82, 2.24) is 5.32 Å². The van der Waals surface area contributed by atoms with Crippen molar-refractivity contribution in [3.8, 4) is 0 Å². The number of hydrogen-bond acceptors (Lipinski definition) is 1. The lowest BCUT2D eigenvalue weighted by molar-refractivity contribution is 0.357. The quantitative estimate of drug-likeness (QED) is 0.779. The van der Waals surface area contributed by atoms with Crippen molar-refractivity contribution in [1.29, 1.82) is 0 Å². The Morgan fingerprint density at radius 2 is 1.89 bits per heavy atom. The summed E-state index contributed by atoms with van der Waals surface area (Å²) in [5.41, 5.74) is 0.857. The molecule has 0 spiro atoms. The molecule has 1 fully saturated rings. The summed E-state index contributed by atoms with van der Waals surface area (Å²) in [7, 11) is 0. The summed E-state index contributed by atoms with van der Waals surface area (Å²) in [5, 5.41) is 8.13. The van der Waals surface area contributed by atoms with E-state index in [1.807, 2.05) is 6.07 Å². The SMILES string of the molecule is S=C(NCC1CCCCC1)Nc1ccc(Cl)c(Cl)c1. The van der Waals surface area contributed by atoms with Crippen molar-refractivity contribution in [2.45, 2.75) is 32.1 Å². The third kappa shape index (κ3) is 4.83. The summed E-state index contributed by atoms with van der Waals surface area (Å²) in [6, 6.07) is 5.40. The van der Waals surface area contributed by atoms with E-state index >= 15 is 0 Å². The van der Waals surface area contributed by atoms with Gasteiger partial charge in [-0.05, 0) is 49.2 Å². The van der Waals surface area contributed by atoms with Crippen LogP contribution in [-0.4, -0.2) is 11.7 Å². The van der Waals surface area contributed by atoms with Crippen LogP contribution in [0.15, 0.2) is 18.2 Å². The molecule has 19 heavy (non-hydrogen) atoms. The lowest BCUT2D eigenvalue weighted by Crippen LogP contribution is -2.33. The minimum absolute atomic E-state index is 0.529. The van der Waals surface area contributed by atoms with Crippen molar-refractivity contribution >= 4 is 46.2 Å². The minimum atomic E-state index is 0.529. The van der Waals surface area contributed by atoms with Gasteiger partial charge in [-0.3, -0.25) is 0 Å². The molecule has 5 heteroatoms. The zero-order valence-corrected chi connectivity index (χ0v) is 13.0. The van der Waals surface area contributed by atoms with Crippen molar-refractivity contribution in [3.63, 3.8) is 0 Å². The summed E-state index contributed by atoms with van der Waals surface area (Å²) in [5.74, 6) is 0.752. The third-order valence-electron chi connectivity index (χ3n) is 3.45. The van der Waals surface area contributed by atoms with Gasteiger partial charge in [0, 0.05) is 12.2 Å². The fourth-order valence-electron chi connectivity index (χ4n) is 2.38. The van der Waals surface area contributed by atoms with E-state index in [1.54, 1.807) is 12.1 Å². The van der Waals surface area contributed by atoms with Crippen LogP contribution in [0.25, 0.3) is 0 Å². The van der Waals surface area contributed by atoms with Crippen molar-refractivity contribution in [2.24, 2.45) is 5.92 Å². The van der Waals surface area contributed by atoms with Crippen LogP contribution >= 0.6 is 35.4 Å². The van der Waals surface area contributed by atoms with Crippen LogP contribution in [0.4, 0.5) is 5.69 Å². The van der Waals surface area contributed by atoms with Gasteiger partial charge in [-0.15, -0.1) is 0 Å². The highest BCUT2D eigenvalue weighted by Gasteiger charge is 2.13. The van der Waals surface area contributed by atoms with Crippen molar-refractivity contribution in [2.75, 3.05) is 11.9 Å². The van der Waals surface area contributed by atoms with Gasteiger partial charge in [0.2, 0.25) is 0 Å². The summed E-state index contributed by atoms with van der Waals surface area (Å²) in [6.07, 6.45) is 6.69. The van der Waals surface area contributed by atoms with Crippen LogP contribution in [0, 0.1) is 5.92 Å². The molecule has 2 nitrogen and oxygen atoms in total. The zero-order chi connectivity index (χ0) is 13.7. The summed E-state index contributed by atoms with van der Waals surface area (Å²) in [4.78, 5) is 0. The Balaban J connectivity index is 1.78. The maximum Gasteiger partial charge on any atom is 0.170 e. The normalized spacial score (nSPS) is 16.1. The molecule has 2 N–H and O–H groups in total. The minimum Gasteiger partial charge on any atom is -0.362 e. The molecule has 104 valence electrons. The molecule has 1 aliphatic carbocycles. The van der Waals surface area contributed by atoms with Gasteiger partial charge < -0.3 is 10.6 Å². The summed E-state index contributed by atoms with van der Waals surface area (Å²) >= 11 is 17.1. The Morgan fingerprint density at radius 3 is 2.58 bits per heavy atom. The molecule has 0 atom stereocenters. The largest absolute Gasteiger partial charge is 0.362 e. The molecular formula is C14H18Cl2N2S. The molecule has 0 aliphatic heterocycles. The molecule has 1 aliphatic rings. The molecule has 0 saturated heterocycles. The molecule has 0 heterocycles. The molecular weight excluding hydrogens is 299 g/mol. The second kappa shape index (κ2) is 7.32. The number of hydrogen-bond donors (Lipinski definition) is 2. The molecule has 1 aromatic rings. The van der Waals surface area contributed by atoms with Gasteiger partial charge in [-0.25, -0.2) is 0 Å². The molecule has 0 unspecified atom stereocenters. The van der Waals surface area contributed by atoms with Gasteiger partial charge in [0.1, 0.15) is 0 Å². The second-order valence-corrected chi connectivity index (χ2v) is 6.19. The smallest absolute Gasteiger partial charge is 0.170 e. The first kappa shape index (κ1) is 14.9. The van der Waals surface area contributed by atoms with E-state index < -0.39 is 0 Å². The maximum atomic E-state index is 5.96. The van der Waals surface area contributed by atoms with Gasteiger partial charge in [0.25, 0.3) is 0 Å². The molecule has 0 bridgehead atoms. The molecule has 0 aromatic heterocycles. The monoisotopic (exact) mass is 316 g/mol. The van der Waals surface area contributed by atoms with Crippen molar-refractivity contribution < 1.29 is 0 Å². The number of halogens is 2. The van der Waals surface area contributed by atoms with Crippen LogP contribution in [0.3, 0.4) is 0 Å². The number of anilines is 1. The molecule has 0 amide bonds. The van der Waals surface area contributed by atoms with Crippen LogP contribution in [0.1, 0.15) is 32.1 Å². The highest BCUT2D eigenvalue weighted by atomic mass is 35.5. The van der Waals surface area contributed by atoms with E-state index in [4.69, 9.17) is 35.4 Å². The lowest BCUT2D eigenvalue weighted by atomic mass is 9.89. The Hall–Kier alpha value is -0.510. The zero-order valence-electron chi connectivity index (χ0n) is 10.7. The van der Waals surface area contributed by atoms with Gasteiger partial charge in [0.15, 0.2) is 5.11 Å². The first-order chi connectivity index (χ1) is 9.15. The van der Waals surface area contributed by atoms with E-state index in [0.29, 0.717) is 15.2 Å². The standard InChI is InChI=1S/C14H18Cl2N2S/c15-12-7-6-11(8-13(12)16)18-14(19)17-9-10-4-2-1-3-5-10/h6-8,10H,1-5,9H2,(H2,17,18,19). The molecule has 2 rings (SSSR count). The van der Waals surface area contributed by atoms with Gasteiger partial charge in [-0.2, -0.15) is 0 Å². The van der Waals surface area contributed by atoms with Crippen LogP contribution in [0.5, 0.6) is 0 Å². The predicted octanol–water partition coefficient (Wildman–Crippen LogP) is 4.86. The van der Waals surface area contributed by atoms with E-state index in [1.165, 1.54) is 32.1 Å². The Bertz CT molecular complexity index is 445. The average Bonchev–Trinajstić information content (AvgIpc) is 2.42. The maximum absolute atomic E-state index is 5.96. The van der Waals surface area contributed by atoms with Crippen molar-refractivity contribution in [3.05, 3.63) is 28.2 Å². The lowest BCUT2D eigenvalue weighted by Gasteiger charge is -2.22. The summed E-state index contributed by atoms with van der Waals surface area (Å²) < 4.78 is 0. The first-order valence-corrected chi connectivity index (χ1v) is 7.81. The molecule has 1 aromatic carbocycles. The van der Waals surface area contributed by atoms with E-state index in [2.05, 4.69) is 10.6 Å². The van der Waals surface area contributed by atoms with Gasteiger partial charge >= 0.3 is 0 Å². The van der Waals surface area contributed by atoms with E-state index in [-0.39, 0.29) is 0 Å². The van der Waals surface area contributed by atoms with Crippen LogP contribution < -0.4 is 10.6 Å². The number of rotatable bonds is 3. The summed E-state index contributed by atoms with van der Waals surface area (Å²) in [6.45, 7) is 0.952. The number of thiocarbonyl (C=S) groups is 1. The van der Waals surface area contributed by atoms with Gasteiger partial charge in [0.05, 0.1) is 10.0 Å². The van der Waals surface area contributed by atoms with Gasteiger partial charge in [-0.1, -0.05) is 42.5 Å². The second-order valence-electron chi connectivity index (χ2n) is 4.97. The first-order valence-electron chi connectivity index (χ1n) is 6.65. The fraction of sp³-hybridized carbons (Fsp3) is 0.500. The van der Waals surface area contributed by atoms with Crippen LogP contribution in [-0.2, 0) is 0 Å². The number of benzene rings is 1. The topological polar surface area (TPSA) is 24.1 Å². The van der Waals surface area contributed by atoms with E-state index in [9.17, 15) is 0 Å².